The summed E-state index contributed by atoms with van der Waals surface area (Å²) in [5.74, 6) is 1.07. The van der Waals surface area contributed by atoms with Crippen LogP contribution in [0.1, 0.15) is 22.8 Å². The maximum absolute atomic E-state index is 12.7. The maximum Gasteiger partial charge on any atom is 0.243 e. The number of aromatic amines is 1. The SMILES string of the molecule is Cc1nc(CN(C)S(=O)(=O)c2cc(N)cc(C)c2C)n[nH]1. The molecule has 1 heterocycles. The van der Waals surface area contributed by atoms with Gasteiger partial charge in [0.1, 0.15) is 5.82 Å². The van der Waals surface area contributed by atoms with Crippen molar-refractivity contribution in [2.45, 2.75) is 32.2 Å². The third-order valence-corrected chi connectivity index (χ3v) is 5.27. The number of anilines is 1. The van der Waals surface area contributed by atoms with Crippen LogP contribution >= 0.6 is 0 Å². The second kappa shape index (κ2) is 5.45. The van der Waals surface area contributed by atoms with Crippen LogP contribution in [0.2, 0.25) is 0 Å². The molecule has 8 heteroatoms. The summed E-state index contributed by atoms with van der Waals surface area (Å²) in [4.78, 5) is 4.34. The minimum atomic E-state index is -3.64. The second-order valence-corrected chi connectivity index (χ2v) is 7.07. The largest absolute Gasteiger partial charge is 0.399 e. The first-order valence-electron chi connectivity index (χ1n) is 6.42. The van der Waals surface area contributed by atoms with Crippen molar-refractivity contribution in [2.24, 2.45) is 0 Å². The number of rotatable bonds is 4. The fourth-order valence-corrected chi connectivity index (χ4v) is 3.49. The monoisotopic (exact) mass is 309 g/mol. The number of H-pyrrole nitrogens is 1. The summed E-state index contributed by atoms with van der Waals surface area (Å²) >= 11 is 0. The van der Waals surface area contributed by atoms with Crippen molar-refractivity contribution >= 4 is 15.7 Å². The molecule has 0 spiro atoms. The number of nitrogens with two attached hydrogens (primary N) is 1. The summed E-state index contributed by atoms with van der Waals surface area (Å²) < 4.78 is 26.6. The zero-order valence-electron chi connectivity index (χ0n) is 12.5. The molecule has 0 fully saturated rings. The van der Waals surface area contributed by atoms with Gasteiger partial charge in [-0.1, -0.05) is 0 Å². The minimum Gasteiger partial charge on any atom is -0.399 e. The topological polar surface area (TPSA) is 105 Å². The van der Waals surface area contributed by atoms with Crippen LogP contribution in [-0.4, -0.2) is 35.0 Å². The van der Waals surface area contributed by atoms with Crippen molar-refractivity contribution in [3.05, 3.63) is 34.9 Å². The average Bonchev–Trinajstić information content (AvgIpc) is 2.79. The first-order valence-corrected chi connectivity index (χ1v) is 7.86. The molecule has 0 aliphatic heterocycles. The Bertz CT molecular complexity index is 767. The van der Waals surface area contributed by atoms with E-state index < -0.39 is 10.0 Å². The van der Waals surface area contributed by atoms with Gasteiger partial charge in [-0.2, -0.15) is 9.40 Å². The predicted molar refractivity (Wildman–Crippen MR) is 80.1 cm³/mol. The summed E-state index contributed by atoms with van der Waals surface area (Å²) in [5, 5.41) is 6.65. The van der Waals surface area contributed by atoms with E-state index >= 15 is 0 Å². The Morgan fingerprint density at radius 2 is 1.95 bits per heavy atom. The van der Waals surface area contributed by atoms with Gasteiger partial charge in [-0.05, 0) is 44.0 Å². The lowest BCUT2D eigenvalue weighted by atomic mass is 10.1. The Labute approximate surface area is 124 Å². The van der Waals surface area contributed by atoms with Gasteiger partial charge in [0.05, 0.1) is 11.4 Å². The number of nitrogen functional groups attached to an aromatic ring is 1. The predicted octanol–water partition coefficient (Wildman–Crippen LogP) is 1.13. The van der Waals surface area contributed by atoms with Crippen LogP contribution in [0.15, 0.2) is 17.0 Å². The van der Waals surface area contributed by atoms with Gasteiger partial charge in [0.2, 0.25) is 10.0 Å². The highest BCUT2D eigenvalue weighted by atomic mass is 32.2. The molecule has 114 valence electrons. The van der Waals surface area contributed by atoms with Crippen molar-refractivity contribution in [3.63, 3.8) is 0 Å². The van der Waals surface area contributed by atoms with Gasteiger partial charge >= 0.3 is 0 Å². The van der Waals surface area contributed by atoms with Crippen molar-refractivity contribution in [2.75, 3.05) is 12.8 Å². The molecule has 0 atom stereocenters. The van der Waals surface area contributed by atoms with Crippen molar-refractivity contribution in [1.82, 2.24) is 19.5 Å². The van der Waals surface area contributed by atoms with Crippen LogP contribution in [0.5, 0.6) is 0 Å². The lowest BCUT2D eigenvalue weighted by molar-refractivity contribution is 0.456. The number of sulfonamides is 1. The molecule has 21 heavy (non-hydrogen) atoms. The lowest BCUT2D eigenvalue weighted by Gasteiger charge is -2.18. The average molecular weight is 309 g/mol. The van der Waals surface area contributed by atoms with E-state index in [0.29, 0.717) is 22.9 Å². The molecule has 0 radical (unpaired) electrons. The molecule has 1 aromatic heterocycles. The van der Waals surface area contributed by atoms with E-state index in [1.165, 1.54) is 17.4 Å². The van der Waals surface area contributed by atoms with Gasteiger partial charge in [0, 0.05) is 12.7 Å². The highest BCUT2D eigenvalue weighted by molar-refractivity contribution is 7.89. The summed E-state index contributed by atoms with van der Waals surface area (Å²) in [7, 11) is -2.15. The molecule has 1 aromatic carbocycles. The first kappa shape index (κ1) is 15.5. The smallest absolute Gasteiger partial charge is 0.243 e. The minimum absolute atomic E-state index is 0.0972. The molecule has 2 rings (SSSR count). The Balaban J connectivity index is 2.37. The second-order valence-electron chi connectivity index (χ2n) is 5.06. The van der Waals surface area contributed by atoms with Gasteiger partial charge in [0.25, 0.3) is 0 Å². The molecule has 2 aromatic rings. The maximum atomic E-state index is 12.7. The fraction of sp³-hybridized carbons (Fsp3) is 0.385. The third-order valence-electron chi connectivity index (χ3n) is 3.34. The van der Waals surface area contributed by atoms with E-state index in [9.17, 15) is 8.42 Å². The van der Waals surface area contributed by atoms with Crippen LogP contribution in [0.25, 0.3) is 0 Å². The van der Waals surface area contributed by atoms with Crippen molar-refractivity contribution in [1.29, 1.82) is 0 Å². The number of aryl methyl sites for hydroxylation is 2. The third kappa shape index (κ3) is 3.06. The Kier molecular flexibility index (Phi) is 4.02. The Morgan fingerprint density at radius 3 is 2.52 bits per heavy atom. The van der Waals surface area contributed by atoms with E-state index in [4.69, 9.17) is 5.73 Å². The van der Waals surface area contributed by atoms with Gasteiger partial charge in [0.15, 0.2) is 5.82 Å². The fourth-order valence-electron chi connectivity index (χ4n) is 2.03. The summed E-state index contributed by atoms with van der Waals surface area (Å²) in [6.07, 6.45) is 0. The van der Waals surface area contributed by atoms with Gasteiger partial charge < -0.3 is 5.73 Å². The number of hydrogen-bond donors (Lipinski definition) is 2. The van der Waals surface area contributed by atoms with Crippen molar-refractivity contribution < 1.29 is 8.42 Å². The number of benzene rings is 1. The number of nitrogens with zero attached hydrogens (tertiary/aromatic N) is 3. The number of aromatic nitrogens is 3. The number of hydrogen-bond acceptors (Lipinski definition) is 5. The molecular weight excluding hydrogens is 290 g/mol. The van der Waals surface area contributed by atoms with E-state index in [0.717, 1.165) is 5.56 Å². The normalized spacial score (nSPS) is 12.0. The molecule has 0 saturated heterocycles. The molecule has 0 amide bonds. The van der Waals surface area contributed by atoms with Gasteiger partial charge in [-0.15, -0.1) is 0 Å². The summed E-state index contributed by atoms with van der Waals surface area (Å²) in [6.45, 7) is 5.46. The molecule has 7 nitrogen and oxygen atoms in total. The molecule has 0 aliphatic rings. The number of nitrogens with one attached hydrogen (secondary N) is 1. The molecule has 0 aliphatic carbocycles. The van der Waals surface area contributed by atoms with E-state index in [1.807, 2.05) is 6.92 Å². The van der Waals surface area contributed by atoms with Gasteiger partial charge in [-0.3, -0.25) is 5.10 Å². The first-order chi connectivity index (χ1) is 9.71. The van der Waals surface area contributed by atoms with Gasteiger partial charge in [-0.25, -0.2) is 13.4 Å². The Morgan fingerprint density at radius 1 is 1.29 bits per heavy atom. The lowest BCUT2D eigenvalue weighted by Crippen LogP contribution is -2.28. The Hall–Kier alpha value is -1.93. The van der Waals surface area contributed by atoms with Crippen LogP contribution in [0, 0.1) is 20.8 Å². The summed E-state index contributed by atoms with van der Waals surface area (Å²) in [5.41, 5.74) is 7.74. The zero-order chi connectivity index (χ0) is 15.8. The van der Waals surface area contributed by atoms with Crippen LogP contribution in [0.3, 0.4) is 0 Å². The standard InChI is InChI=1S/C13H19N5O2S/c1-8-5-11(14)6-12(9(8)2)21(19,20)18(4)7-13-15-10(3)16-17-13/h5-6H,7,14H2,1-4H3,(H,15,16,17). The molecular formula is C13H19N5O2S. The van der Waals surface area contributed by atoms with E-state index in [1.54, 1.807) is 19.9 Å². The van der Waals surface area contributed by atoms with E-state index in [-0.39, 0.29) is 11.4 Å². The zero-order valence-corrected chi connectivity index (χ0v) is 13.3. The molecule has 0 saturated carbocycles. The molecule has 0 unspecified atom stereocenters. The van der Waals surface area contributed by atoms with Crippen LogP contribution in [0.4, 0.5) is 5.69 Å². The van der Waals surface area contributed by atoms with Crippen molar-refractivity contribution in [3.8, 4) is 0 Å². The van der Waals surface area contributed by atoms with E-state index in [2.05, 4.69) is 15.2 Å². The molecule has 3 N–H and O–H groups in total. The van der Waals surface area contributed by atoms with Crippen LogP contribution < -0.4 is 5.73 Å². The highest BCUT2D eigenvalue weighted by Gasteiger charge is 2.25. The van der Waals surface area contributed by atoms with Crippen LogP contribution in [-0.2, 0) is 16.6 Å². The highest BCUT2D eigenvalue weighted by Crippen LogP contribution is 2.25. The quantitative estimate of drug-likeness (QED) is 0.824. The summed E-state index contributed by atoms with van der Waals surface area (Å²) in [6, 6.07) is 3.24. The molecule has 0 bridgehead atoms.